The molecule has 0 aromatic heterocycles. The van der Waals surface area contributed by atoms with Crippen LogP contribution in [-0.4, -0.2) is 30.0 Å². The van der Waals surface area contributed by atoms with E-state index in [0.29, 0.717) is 6.04 Å². The molecule has 4 rings (SSSR count). The summed E-state index contributed by atoms with van der Waals surface area (Å²) in [6, 6.07) is 19.5. The third kappa shape index (κ3) is 2.27. The van der Waals surface area contributed by atoms with Crippen molar-refractivity contribution in [1.29, 1.82) is 0 Å². The SMILES string of the molecule is C[N+]1(Cc2ccccc2)CC[C@]2(C(N)=O)C[C@@H]1Cc1ccccc12. The Hall–Kier alpha value is -2.13. The summed E-state index contributed by atoms with van der Waals surface area (Å²) in [6.07, 6.45) is 2.76. The fourth-order valence-electron chi connectivity index (χ4n) is 4.87. The van der Waals surface area contributed by atoms with Crippen LogP contribution in [-0.2, 0) is 23.2 Å². The third-order valence-electron chi connectivity index (χ3n) is 6.36. The second-order valence-electron chi connectivity index (χ2n) is 7.76. The van der Waals surface area contributed by atoms with Crippen molar-refractivity contribution in [3.8, 4) is 0 Å². The molecule has 3 heteroatoms. The summed E-state index contributed by atoms with van der Waals surface area (Å²) in [5.74, 6) is -0.148. The number of amides is 1. The molecular weight excluding hydrogens is 296 g/mol. The highest BCUT2D eigenvalue weighted by Gasteiger charge is 2.54. The zero-order valence-corrected chi connectivity index (χ0v) is 14.2. The number of quaternary nitrogens is 1. The number of hydrogen-bond donors (Lipinski definition) is 1. The van der Waals surface area contributed by atoms with E-state index in [-0.39, 0.29) is 5.91 Å². The smallest absolute Gasteiger partial charge is 0.228 e. The van der Waals surface area contributed by atoms with E-state index < -0.39 is 5.41 Å². The van der Waals surface area contributed by atoms with Gasteiger partial charge in [-0.05, 0) is 11.1 Å². The van der Waals surface area contributed by atoms with E-state index in [1.165, 1.54) is 16.7 Å². The van der Waals surface area contributed by atoms with E-state index >= 15 is 0 Å². The Morgan fingerprint density at radius 2 is 1.88 bits per heavy atom. The van der Waals surface area contributed by atoms with Crippen LogP contribution in [0.25, 0.3) is 0 Å². The second-order valence-corrected chi connectivity index (χ2v) is 7.76. The minimum Gasteiger partial charge on any atom is -0.369 e. The summed E-state index contributed by atoms with van der Waals surface area (Å²) in [6.45, 7) is 2.01. The minimum atomic E-state index is -0.464. The molecule has 1 unspecified atom stereocenters. The molecule has 2 N–H and O–H groups in total. The number of nitrogens with zero attached hydrogens (tertiary/aromatic N) is 1. The largest absolute Gasteiger partial charge is 0.369 e. The Labute approximate surface area is 143 Å². The summed E-state index contributed by atoms with van der Waals surface area (Å²) in [5.41, 5.74) is 9.31. The second kappa shape index (κ2) is 5.45. The van der Waals surface area contributed by atoms with E-state index in [2.05, 4.69) is 55.6 Å². The molecule has 2 bridgehead atoms. The van der Waals surface area contributed by atoms with Crippen LogP contribution < -0.4 is 5.73 Å². The highest BCUT2D eigenvalue weighted by atomic mass is 16.1. The molecule has 2 aromatic rings. The predicted molar refractivity (Wildman–Crippen MR) is 95.2 cm³/mol. The van der Waals surface area contributed by atoms with E-state index in [4.69, 9.17) is 5.73 Å². The number of benzene rings is 2. The molecule has 1 aliphatic heterocycles. The molecule has 1 heterocycles. The molecule has 124 valence electrons. The van der Waals surface area contributed by atoms with Crippen LogP contribution in [0.3, 0.4) is 0 Å². The average molecular weight is 321 g/mol. The van der Waals surface area contributed by atoms with Crippen LogP contribution in [0.2, 0.25) is 0 Å². The minimum absolute atomic E-state index is 0.148. The van der Waals surface area contributed by atoms with Crippen molar-refractivity contribution >= 4 is 5.91 Å². The molecule has 3 atom stereocenters. The van der Waals surface area contributed by atoms with Gasteiger partial charge in [-0.2, -0.15) is 0 Å². The number of likely N-dealkylation sites (tertiary alicyclic amines) is 1. The van der Waals surface area contributed by atoms with Gasteiger partial charge in [-0.15, -0.1) is 0 Å². The first-order valence-corrected chi connectivity index (χ1v) is 8.80. The van der Waals surface area contributed by atoms with Crippen LogP contribution in [0.5, 0.6) is 0 Å². The first kappa shape index (κ1) is 15.4. The van der Waals surface area contributed by atoms with Gasteiger partial charge < -0.3 is 10.2 Å². The number of nitrogens with two attached hydrogens (primary N) is 1. The van der Waals surface area contributed by atoms with Gasteiger partial charge in [0.05, 0.1) is 25.0 Å². The number of primary amides is 1. The lowest BCUT2D eigenvalue weighted by atomic mass is 9.62. The number of piperidine rings is 1. The topological polar surface area (TPSA) is 43.1 Å². The van der Waals surface area contributed by atoms with Crippen LogP contribution in [0, 0.1) is 0 Å². The van der Waals surface area contributed by atoms with Gasteiger partial charge >= 0.3 is 0 Å². The molecule has 2 aliphatic rings. The standard InChI is InChI=1S/C21H24N2O/c1-23(15-16-7-3-2-4-8-16)12-11-21(20(22)24)14-18(23)13-17-9-5-6-10-19(17)21/h2-10,18H,11-15H2,1H3,(H-,22,24)/p+1/t18-,21-,23?/m0/s1. The van der Waals surface area contributed by atoms with Gasteiger partial charge in [0.2, 0.25) is 5.91 Å². The molecule has 3 nitrogen and oxygen atoms in total. The number of likely N-dealkylation sites (N-methyl/N-ethyl adjacent to an activating group) is 1. The summed E-state index contributed by atoms with van der Waals surface area (Å²) in [7, 11) is 2.34. The van der Waals surface area contributed by atoms with Gasteiger partial charge in [-0.25, -0.2) is 0 Å². The molecular formula is C21H25N2O+. The Morgan fingerprint density at radius 3 is 2.62 bits per heavy atom. The highest BCUT2D eigenvalue weighted by Crippen LogP contribution is 2.47. The van der Waals surface area contributed by atoms with Crippen molar-refractivity contribution in [2.45, 2.75) is 37.3 Å². The molecule has 0 saturated carbocycles. The van der Waals surface area contributed by atoms with Crippen molar-refractivity contribution in [3.63, 3.8) is 0 Å². The lowest BCUT2D eigenvalue weighted by Gasteiger charge is -2.54. The number of fused-ring (bicyclic) bond motifs is 4. The lowest BCUT2D eigenvalue weighted by molar-refractivity contribution is -0.952. The Bertz CT molecular complexity index is 772. The van der Waals surface area contributed by atoms with Gasteiger partial charge in [-0.1, -0.05) is 54.6 Å². The number of carbonyl (C=O) groups excluding carboxylic acids is 1. The van der Waals surface area contributed by atoms with Crippen molar-refractivity contribution in [1.82, 2.24) is 0 Å². The van der Waals surface area contributed by atoms with Gasteiger partial charge in [0.1, 0.15) is 6.54 Å². The van der Waals surface area contributed by atoms with Gasteiger partial charge in [0.15, 0.2) is 0 Å². The summed E-state index contributed by atoms with van der Waals surface area (Å²) >= 11 is 0. The maximum atomic E-state index is 12.4. The monoisotopic (exact) mass is 321 g/mol. The van der Waals surface area contributed by atoms with Crippen molar-refractivity contribution < 1.29 is 9.28 Å². The molecule has 2 aromatic carbocycles. The van der Waals surface area contributed by atoms with E-state index in [9.17, 15) is 4.79 Å². The third-order valence-corrected chi connectivity index (χ3v) is 6.36. The molecule has 1 aliphatic carbocycles. The zero-order chi connectivity index (χ0) is 16.8. The van der Waals surface area contributed by atoms with Crippen molar-refractivity contribution in [2.24, 2.45) is 5.73 Å². The average Bonchev–Trinajstić information content (AvgIpc) is 2.59. The molecule has 1 saturated heterocycles. The van der Waals surface area contributed by atoms with Crippen LogP contribution in [0.1, 0.15) is 29.5 Å². The Morgan fingerprint density at radius 1 is 1.17 bits per heavy atom. The lowest BCUT2D eigenvalue weighted by Crippen LogP contribution is -2.65. The van der Waals surface area contributed by atoms with Crippen LogP contribution in [0.4, 0.5) is 0 Å². The fraction of sp³-hybridized carbons (Fsp3) is 0.381. The van der Waals surface area contributed by atoms with E-state index in [0.717, 1.165) is 36.8 Å². The molecule has 24 heavy (non-hydrogen) atoms. The number of rotatable bonds is 3. The molecule has 1 fully saturated rings. The Balaban J connectivity index is 1.73. The van der Waals surface area contributed by atoms with E-state index in [1.54, 1.807) is 0 Å². The fourth-order valence-corrected chi connectivity index (χ4v) is 4.87. The van der Waals surface area contributed by atoms with Crippen LogP contribution >= 0.6 is 0 Å². The number of carbonyl (C=O) groups is 1. The van der Waals surface area contributed by atoms with Crippen LogP contribution in [0.15, 0.2) is 54.6 Å². The summed E-state index contributed by atoms with van der Waals surface area (Å²) in [5, 5.41) is 0. The zero-order valence-electron chi connectivity index (χ0n) is 14.2. The quantitative estimate of drug-likeness (QED) is 0.868. The first-order valence-electron chi connectivity index (χ1n) is 8.80. The Kier molecular flexibility index (Phi) is 3.50. The molecule has 0 spiro atoms. The summed E-state index contributed by atoms with van der Waals surface area (Å²) in [4.78, 5) is 12.4. The number of hydrogen-bond acceptors (Lipinski definition) is 1. The predicted octanol–water partition coefficient (Wildman–Crippen LogP) is 2.78. The maximum Gasteiger partial charge on any atom is 0.228 e. The molecule has 1 amide bonds. The maximum absolute atomic E-state index is 12.4. The van der Waals surface area contributed by atoms with Gasteiger partial charge in [-0.3, -0.25) is 4.79 Å². The van der Waals surface area contributed by atoms with Crippen molar-refractivity contribution in [2.75, 3.05) is 13.6 Å². The highest BCUT2D eigenvalue weighted by molar-refractivity contribution is 5.87. The normalized spacial score (nSPS) is 31.3. The first-order chi connectivity index (χ1) is 11.5. The van der Waals surface area contributed by atoms with Gasteiger partial charge in [0.25, 0.3) is 0 Å². The van der Waals surface area contributed by atoms with Gasteiger partial charge in [0, 0.05) is 24.8 Å². The van der Waals surface area contributed by atoms with E-state index in [1.807, 2.05) is 6.07 Å². The summed E-state index contributed by atoms with van der Waals surface area (Å²) < 4.78 is 0.993. The molecule has 0 radical (unpaired) electrons. The van der Waals surface area contributed by atoms with Crippen molar-refractivity contribution in [3.05, 3.63) is 71.3 Å².